The lowest BCUT2D eigenvalue weighted by Crippen LogP contribution is -2.24. The molecular formula is C18H22N4O4S. The van der Waals surface area contributed by atoms with Gasteiger partial charge in [-0.25, -0.2) is 4.79 Å². The van der Waals surface area contributed by atoms with Crippen molar-refractivity contribution < 1.29 is 19.7 Å². The van der Waals surface area contributed by atoms with Gasteiger partial charge in [0.25, 0.3) is 0 Å². The molecule has 1 fully saturated rings. The summed E-state index contributed by atoms with van der Waals surface area (Å²) in [5.41, 5.74) is 3.34. The van der Waals surface area contributed by atoms with Gasteiger partial charge in [-0.2, -0.15) is 0 Å². The average Bonchev–Trinajstić information content (AvgIpc) is 3.28. The first kappa shape index (κ1) is 18.3. The summed E-state index contributed by atoms with van der Waals surface area (Å²) in [4.78, 5) is 12.4. The molecule has 27 heavy (non-hydrogen) atoms. The number of hydrogen-bond donors (Lipinski definition) is 4. The standard InChI is InChI=1S/C18H22N4O4S/c23-9-15-13(24)8-14(26-15)16-21-22-18(27-16)20-17(25)19-12-7-3-5-10-4-1-2-6-11(10)12/h3,5,7,13-15,23-24H,1-2,4,6,8-9H2,(H2,19,20,22,25)/t13-,14+,15+/m0/s1. The fourth-order valence-corrected chi connectivity index (χ4v) is 4.40. The first-order chi connectivity index (χ1) is 13.1. The molecule has 1 saturated heterocycles. The highest BCUT2D eigenvalue weighted by Crippen LogP contribution is 2.35. The van der Waals surface area contributed by atoms with Crippen LogP contribution in [-0.4, -0.2) is 45.3 Å². The number of anilines is 2. The number of aliphatic hydroxyl groups is 2. The molecule has 3 atom stereocenters. The number of nitrogens with zero attached hydrogens (tertiary/aromatic N) is 2. The molecule has 8 nitrogen and oxygen atoms in total. The van der Waals surface area contributed by atoms with E-state index in [1.54, 1.807) is 0 Å². The van der Waals surface area contributed by atoms with Crippen LogP contribution in [0.1, 0.15) is 41.5 Å². The van der Waals surface area contributed by atoms with E-state index in [9.17, 15) is 9.90 Å². The third-order valence-corrected chi connectivity index (χ3v) is 5.92. The van der Waals surface area contributed by atoms with Crippen LogP contribution in [0.5, 0.6) is 0 Å². The lowest BCUT2D eigenvalue weighted by atomic mass is 9.90. The van der Waals surface area contributed by atoms with Gasteiger partial charge in [0.1, 0.15) is 17.2 Å². The van der Waals surface area contributed by atoms with Crippen molar-refractivity contribution in [3.63, 3.8) is 0 Å². The zero-order chi connectivity index (χ0) is 18.8. The Labute approximate surface area is 160 Å². The number of amides is 2. The molecule has 1 aromatic heterocycles. The number of ether oxygens (including phenoxy) is 1. The molecule has 1 aliphatic heterocycles. The zero-order valence-corrected chi connectivity index (χ0v) is 15.5. The van der Waals surface area contributed by atoms with Crippen molar-refractivity contribution in [2.75, 3.05) is 17.2 Å². The van der Waals surface area contributed by atoms with E-state index in [2.05, 4.69) is 26.9 Å². The summed E-state index contributed by atoms with van der Waals surface area (Å²) in [6.45, 7) is -0.245. The minimum absolute atomic E-state index is 0.245. The van der Waals surface area contributed by atoms with Crippen molar-refractivity contribution in [3.8, 4) is 0 Å². The van der Waals surface area contributed by atoms with E-state index in [-0.39, 0.29) is 12.6 Å². The van der Waals surface area contributed by atoms with Gasteiger partial charge < -0.3 is 20.3 Å². The van der Waals surface area contributed by atoms with E-state index in [4.69, 9.17) is 9.84 Å². The van der Waals surface area contributed by atoms with Gasteiger partial charge in [-0.15, -0.1) is 10.2 Å². The molecule has 2 heterocycles. The number of rotatable bonds is 4. The molecule has 0 saturated carbocycles. The number of aryl methyl sites for hydroxylation is 1. The highest BCUT2D eigenvalue weighted by molar-refractivity contribution is 7.15. The van der Waals surface area contributed by atoms with E-state index in [1.165, 1.54) is 28.9 Å². The molecule has 1 aromatic carbocycles. The number of fused-ring (bicyclic) bond motifs is 1. The van der Waals surface area contributed by atoms with Crippen LogP contribution >= 0.6 is 11.3 Å². The van der Waals surface area contributed by atoms with Gasteiger partial charge in [0.2, 0.25) is 5.13 Å². The molecule has 0 spiro atoms. The summed E-state index contributed by atoms with van der Waals surface area (Å²) in [5, 5.41) is 33.5. The minimum Gasteiger partial charge on any atom is -0.394 e. The normalized spacial score (nSPS) is 24.4. The molecule has 4 N–H and O–H groups in total. The van der Waals surface area contributed by atoms with E-state index in [0.717, 1.165) is 24.9 Å². The van der Waals surface area contributed by atoms with Gasteiger partial charge in [-0.1, -0.05) is 23.5 Å². The van der Waals surface area contributed by atoms with E-state index in [1.807, 2.05) is 12.1 Å². The Kier molecular flexibility index (Phi) is 5.35. The fraction of sp³-hybridized carbons (Fsp3) is 0.500. The van der Waals surface area contributed by atoms with E-state index in [0.29, 0.717) is 16.6 Å². The van der Waals surface area contributed by atoms with Crippen LogP contribution in [0.3, 0.4) is 0 Å². The van der Waals surface area contributed by atoms with Gasteiger partial charge in [0.05, 0.1) is 12.7 Å². The third kappa shape index (κ3) is 3.96. The first-order valence-electron chi connectivity index (χ1n) is 9.10. The summed E-state index contributed by atoms with van der Waals surface area (Å²) in [6, 6.07) is 5.63. The smallest absolute Gasteiger partial charge is 0.325 e. The number of carbonyl (C=O) groups is 1. The Hall–Kier alpha value is -2.07. The van der Waals surface area contributed by atoms with Crippen molar-refractivity contribution in [1.82, 2.24) is 10.2 Å². The summed E-state index contributed by atoms with van der Waals surface area (Å²) in [6.07, 6.45) is 2.93. The second-order valence-electron chi connectivity index (χ2n) is 6.82. The van der Waals surface area contributed by atoms with Gasteiger partial charge >= 0.3 is 6.03 Å². The highest BCUT2D eigenvalue weighted by Gasteiger charge is 2.36. The Balaban J connectivity index is 1.39. The lowest BCUT2D eigenvalue weighted by molar-refractivity contribution is -0.0227. The Morgan fingerprint density at radius 1 is 1.26 bits per heavy atom. The largest absolute Gasteiger partial charge is 0.394 e. The van der Waals surface area contributed by atoms with Crippen molar-refractivity contribution >= 4 is 28.2 Å². The first-order valence-corrected chi connectivity index (χ1v) is 9.92. The van der Waals surface area contributed by atoms with E-state index >= 15 is 0 Å². The molecule has 2 amide bonds. The maximum absolute atomic E-state index is 12.4. The van der Waals surface area contributed by atoms with Crippen LogP contribution in [0.25, 0.3) is 0 Å². The fourth-order valence-electron chi connectivity index (χ4n) is 3.62. The molecule has 0 unspecified atom stereocenters. The van der Waals surface area contributed by atoms with Gasteiger partial charge in [0.15, 0.2) is 0 Å². The van der Waals surface area contributed by atoms with Crippen LogP contribution in [0.4, 0.5) is 15.6 Å². The Bertz CT molecular complexity index is 827. The van der Waals surface area contributed by atoms with Crippen LogP contribution in [-0.2, 0) is 17.6 Å². The molecule has 2 aromatic rings. The maximum Gasteiger partial charge on any atom is 0.325 e. The molecule has 9 heteroatoms. The van der Waals surface area contributed by atoms with Crippen LogP contribution < -0.4 is 10.6 Å². The monoisotopic (exact) mass is 390 g/mol. The van der Waals surface area contributed by atoms with Crippen LogP contribution in [0, 0.1) is 0 Å². The molecule has 4 rings (SSSR count). The van der Waals surface area contributed by atoms with Gasteiger partial charge in [0, 0.05) is 12.1 Å². The summed E-state index contributed by atoms with van der Waals surface area (Å²) < 4.78 is 5.56. The number of nitrogens with one attached hydrogen (secondary N) is 2. The van der Waals surface area contributed by atoms with Crippen molar-refractivity contribution in [1.29, 1.82) is 0 Å². The molecule has 0 bridgehead atoms. The van der Waals surface area contributed by atoms with Crippen LogP contribution in [0.2, 0.25) is 0 Å². The number of hydrogen-bond acceptors (Lipinski definition) is 7. The highest BCUT2D eigenvalue weighted by atomic mass is 32.1. The average molecular weight is 390 g/mol. The Morgan fingerprint density at radius 2 is 2.11 bits per heavy atom. The predicted octanol–water partition coefficient (Wildman–Crippen LogP) is 2.24. The number of aromatic nitrogens is 2. The molecule has 1 aliphatic carbocycles. The molecular weight excluding hydrogens is 368 g/mol. The number of aliphatic hydroxyl groups excluding tert-OH is 2. The molecule has 2 aliphatic rings. The molecule has 144 valence electrons. The van der Waals surface area contributed by atoms with E-state index < -0.39 is 18.3 Å². The third-order valence-electron chi connectivity index (χ3n) is 4.98. The van der Waals surface area contributed by atoms with Crippen LogP contribution in [0.15, 0.2) is 18.2 Å². The number of carbonyl (C=O) groups excluding carboxylic acids is 1. The summed E-state index contributed by atoms with van der Waals surface area (Å²) in [5.74, 6) is 0. The van der Waals surface area contributed by atoms with Gasteiger partial charge in [-0.05, 0) is 42.9 Å². The second-order valence-corrected chi connectivity index (χ2v) is 7.83. The maximum atomic E-state index is 12.4. The Morgan fingerprint density at radius 3 is 2.93 bits per heavy atom. The number of urea groups is 1. The lowest BCUT2D eigenvalue weighted by Gasteiger charge is -2.19. The van der Waals surface area contributed by atoms with Gasteiger partial charge in [-0.3, -0.25) is 5.32 Å². The predicted molar refractivity (Wildman–Crippen MR) is 101 cm³/mol. The SMILES string of the molecule is O=C(Nc1nnc([C@H]2C[C@H](O)[C@@H](CO)O2)s1)Nc1cccc2c1CCCC2. The van der Waals surface area contributed by atoms with Crippen molar-refractivity contribution in [2.24, 2.45) is 0 Å². The summed E-state index contributed by atoms with van der Waals surface area (Å²) >= 11 is 1.20. The summed E-state index contributed by atoms with van der Waals surface area (Å²) in [7, 11) is 0. The number of benzene rings is 1. The zero-order valence-electron chi connectivity index (χ0n) is 14.7. The molecule has 0 radical (unpaired) electrons. The quantitative estimate of drug-likeness (QED) is 0.636. The topological polar surface area (TPSA) is 117 Å². The minimum atomic E-state index is -0.729. The van der Waals surface area contributed by atoms with Crippen molar-refractivity contribution in [2.45, 2.75) is 50.4 Å². The van der Waals surface area contributed by atoms with Crippen molar-refractivity contribution in [3.05, 3.63) is 34.3 Å². The second kappa shape index (κ2) is 7.89.